The maximum atomic E-state index is 14.1. The van der Waals surface area contributed by atoms with Crippen LogP contribution in [0.2, 0.25) is 0 Å². The van der Waals surface area contributed by atoms with Crippen molar-refractivity contribution in [2.45, 2.75) is 85.2 Å². The molecule has 2 aromatic rings. The Morgan fingerprint density at radius 1 is 0.919 bits per heavy atom. The molecular formula is C29H41N3O4S. The zero-order chi connectivity index (χ0) is 28.0. The normalized spacial score (nSPS) is 13.3. The lowest BCUT2D eigenvalue weighted by molar-refractivity contribution is -0.148. The zero-order valence-electron chi connectivity index (χ0n) is 23.2. The van der Waals surface area contributed by atoms with Crippen molar-refractivity contribution in [1.82, 2.24) is 15.5 Å². The van der Waals surface area contributed by atoms with E-state index >= 15 is 0 Å². The van der Waals surface area contributed by atoms with Crippen LogP contribution in [0.3, 0.4) is 0 Å². The van der Waals surface area contributed by atoms with Gasteiger partial charge in [-0.1, -0.05) is 48.5 Å². The Hall–Kier alpha value is -3.00. The molecule has 0 heterocycles. The molecule has 2 unspecified atom stereocenters. The van der Waals surface area contributed by atoms with E-state index < -0.39 is 35.2 Å². The van der Waals surface area contributed by atoms with E-state index in [1.807, 2.05) is 83.1 Å². The Kier molecular flexibility index (Phi) is 10.2. The first-order valence-corrected chi connectivity index (χ1v) is 13.1. The minimum Gasteiger partial charge on any atom is -0.444 e. The highest BCUT2D eigenvalue weighted by atomic mass is 32.1. The standard InChI is InChI=1S/C29H41N3O4S/c1-19-13-12-14-20(2)23(19)24(25(33)30-17-21-15-10-9-11-16-21)32(28(3,4)5)26(34)22(18-37)31-27(35)36-29(6,7)8/h9-16,22,24,37H,17-18H2,1-8H3,(H,30,33)(H,31,35). The average Bonchev–Trinajstić information content (AvgIpc) is 2.78. The summed E-state index contributed by atoms with van der Waals surface area (Å²) >= 11 is 4.35. The van der Waals surface area contributed by atoms with E-state index in [1.54, 1.807) is 25.7 Å². The molecule has 0 aromatic heterocycles. The molecule has 8 heteroatoms. The van der Waals surface area contributed by atoms with Crippen molar-refractivity contribution in [2.75, 3.05) is 5.75 Å². The van der Waals surface area contributed by atoms with Crippen molar-refractivity contribution in [3.63, 3.8) is 0 Å². The molecule has 0 spiro atoms. The number of ether oxygens (including phenoxy) is 1. The summed E-state index contributed by atoms with van der Waals surface area (Å²) in [6, 6.07) is 13.5. The minimum absolute atomic E-state index is 0.0375. The fourth-order valence-electron chi connectivity index (χ4n) is 4.17. The number of carbonyl (C=O) groups is 3. The van der Waals surface area contributed by atoms with Gasteiger partial charge in [0.1, 0.15) is 17.7 Å². The van der Waals surface area contributed by atoms with Gasteiger partial charge in [0.2, 0.25) is 11.8 Å². The second-order valence-corrected chi connectivity index (χ2v) is 11.5. The highest BCUT2D eigenvalue weighted by molar-refractivity contribution is 7.80. The minimum atomic E-state index is -0.994. The fraction of sp³-hybridized carbons (Fsp3) is 0.483. The smallest absolute Gasteiger partial charge is 0.408 e. The Morgan fingerprint density at radius 3 is 1.97 bits per heavy atom. The lowest BCUT2D eigenvalue weighted by atomic mass is 9.90. The third kappa shape index (κ3) is 8.52. The molecule has 0 aliphatic rings. The van der Waals surface area contributed by atoms with Gasteiger partial charge in [0, 0.05) is 17.8 Å². The Labute approximate surface area is 226 Å². The molecule has 37 heavy (non-hydrogen) atoms. The number of hydrogen-bond donors (Lipinski definition) is 3. The first kappa shape index (κ1) is 30.2. The van der Waals surface area contributed by atoms with Crippen LogP contribution < -0.4 is 10.6 Å². The molecule has 0 saturated carbocycles. The molecule has 3 amide bonds. The quantitative estimate of drug-likeness (QED) is 0.416. The summed E-state index contributed by atoms with van der Waals surface area (Å²) in [4.78, 5) is 42.0. The molecule has 2 rings (SSSR count). The lowest BCUT2D eigenvalue weighted by Gasteiger charge is -2.43. The number of amides is 3. The van der Waals surface area contributed by atoms with E-state index in [0.717, 1.165) is 22.3 Å². The number of rotatable bonds is 8. The number of benzene rings is 2. The molecule has 2 N–H and O–H groups in total. The highest BCUT2D eigenvalue weighted by Crippen LogP contribution is 2.33. The number of alkyl carbamates (subject to hydrolysis) is 1. The van der Waals surface area contributed by atoms with E-state index in [1.165, 1.54) is 0 Å². The molecule has 202 valence electrons. The summed E-state index contributed by atoms with van der Waals surface area (Å²) in [6.45, 7) is 15.1. The molecule has 0 fully saturated rings. The maximum absolute atomic E-state index is 14.1. The summed E-state index contributed by atoms with van der Waals surface area (Å²) in [7, 11) is 0. The third-order valence-electron chi connectivity index (χ3n) is 5.76. The van der Waals surface area contributed by atoms with E-state index in [-0.39, 0.29) is 11.7 Å². The summed E-state index contributed by atoms with van der Waals surface area (Å²) < 4.78 is 5.37. The van der Waals surface area contributed by atoms with Gasteiger partial charge in [0.05, 0.1) is 0 Å². The molecule has 7 nitrogen and oxygen atoms in total. The van der Waals surface area contributed by atoms with Gasteiger partial charge in [-0.2, -0.15) is 12.6 Å². The Balaban J connectivity index is 2.53. The van der Waals surface area contributed by atoms with Gasteiger partial charge in [-0.25, -0.2) is 4.79 Å². The van der Waals surface area contributed by atoms with Gasteiger partial charge in [0.25, 0.3) is 0 Å². The van der Waals surface area contributed by atoms with Crippen LogP contribution >= 0.6 is 12.6 Å². The van der Waals surface area contributed by atoms with Gasteiger partial charge in [-0.15, -0.1) is 0 Å². The number of aryl methyl sites for hydroxylation is 2. The van der Waals surface area contributed by atoms with Gasteiger partial charge in [-0.05, 0) is 77.6 Å². The van der Waals surface area contributed by atoms with Gasteiger partial charge in [0.15, 0.2) is 0 Å². The largest absolute Gasteiger partial charge is 0.444 e. The van der Waals surface area contributed by atoms with Crippen LogP contribution in [0.25, 0.3) is 0 Å². The topological polar surface area (TPSA) is 87.7 Å². The van der Waals surface area contributed by atoms with E-state index in [9.17, 15) is 14.4 Å². The maximum Gasteiger partial charge on any atom is 0.408 e. The number of carbonyl (C=O) groups excluding carboxylic acids is 3. The average molecular weight is 528 g/mol. The molecule has 0 bridgehead atoms. The summed E-state index contributed by atoms with van der Waals surface area (Å²) in [5, 5.41) is 5.67. The second-order valence-electron chi connectivity index (χ2n) is 11.2. The highest BCUT2D eigenvalue weighted by Gasteiger charge is 2.42. The Morgan fingerprint density at radius 2 is 1.49 bits per heavy atom. The summed E-state index contributed by atoms with van der Waals surface area (Å²) in [6.07, 6.45) is -0.717. The second kappa shape index (κ2) is 12.5. The van der Waals surface area contributed by atoms with Crippen LogP contribution in [-0.2, 0) is 20.9 Å². The Bertz CT molecular complexity index is 1070. The zero-order valence-corrected chi connectivity index (χ0v) is 24.1. The van der Waals surface area contributed by atoms with E-state index in [4.69, 9.17) is 4.74 Å². The molecule has 0 aliphatic heterocycles. The molecule has 2 aromatic carbocycles. The van der Waals surface area contributed by atoms with Gasteiger partial charge < -0.3 is 20.3 Å². The molecule has 0 saturated heterocycles. The first-order valence-electron chi connectivity index (χ1n) is 12.5. The van der Waals surface area contributed by atoms with E-state index in [2.05, 4.69) is 23.3 Å². The lowest BCUT2D eigenvalue weighted by Crippen LogP contribution is -2.59. The first-order chi connectivity index (χ1) is 17.2. The van der Waals surface area contributed by atoms with E-state index in [0.29, 0.717) is 6.54 Å². The fourth-order valence-corrected chi connectivity index (χ4v) is 4.41. The van der Waals surface area contributed by atoms with Gasteiger partial charge in [-0.3, -0.25) is 9.59 Å². The number of hydrogen-bond acceptors (Lipinski definition) is 5. The predicted octanol–water partition coefficient (Wildman–Crippen LogP) is 5.11. The number of thiol groups is 1. The van der Waals surface area contributed by atoms with Crippen LogP contribution in [-0.4, -0.2) is 45.7 Å². The summed E-state index contributed by atoms with van der Waals surface area (Å²) in [5.74, 6) is -0.689. The molecular weight excluding hydrogens is 486 g/mol. The van der Waals surface area contributed by atoms with Gasteiger partial charge >= 0.3 is 6.09 Å². The SMILES string of the molecule is Cc1cccc(C)c1C(C(=O)NCc1ccccc1)N(C(=O)C(CS)NC(=O)OC(C)(C)C)C(C)(C)C. The monoisotopic (exact) mass is 527 g/mol. The van der Waals surface area contributed by atoms with Crippen LogP contribution in [0.4, 0.5) is 4.79 Å². The van der Waals surface area contributed by atoms with Crippen molar-refractivity contribution in [2.24, 2.45) is 0 Å². The molecule has 0 aliphatic carbocycles. The van der Waals surface area contributed by atoms with Crippen molar-refractivity contribution >= 4 is 30.5 Å². The van der Waals surface area contributed by atoms with Crippen LogP contribution in [0.1, 0.15) is 69.8 Å². The number of nitrogens with one attached hydrogen (secondary N) is 2. The van der Waals surface area contributed by atoms with Crippen LogP contribution in [0, 0.1) is 13.8 Å². The van der Waals surface area contributed by atoms with Crippen LogP contribution in [0.15, 0.2) is 48.5 Å². The van der Waals surface area contributed by atoms with Crippen LogP contribution in [0.5, 0.6) is 0 Å². The van der Waals surface area contributed by atoms with Crippen molar-refractivity contribution in [3.05, 3.63) is 70.8 Å². The predicted molar refractivity (Wildman–Crippen MR) is 151 cm³/mol. The molecule has 0 radical (unpaired) electrons. The van der Waals surface area contributed by atoms with Crippen molar-refractivity contribution in [1.29, 1.82) is 0 Å². The van der Waals surface area contributed by atoms with Crippen molar-refractivity contribution in [3.8, 4) is 0 Å². The third-order valence-corrected chi connectivity index (χ3v) is 6.13. The molecule has 2 atom stereocenters. The summed E-state index contributed by atoms with van der Waals surface area (Å²) in [5.41, 5.74) is 2.00. The van der Waals surface area contributed by atoms with Crippen molar-refractivity contribution < 1.29 is 19.1 Å². The number of nitrogens with zero attached hydrogens (tertiary/aromatic N) is 1.